The van der Waals surface area contributed by atoms with Gasteiger partial charge in [-0.2, -0.15) is 0 Å². The van der Waals surface area contributed by atoms with E-state index in [2.05, 4.69) is 25.4 Å². The van der Waals surface area contributed by atoms with Crippen molar-refractivity contribution in [3.63, 3.8) is 0 Å². The Labute approximate surface area is 117 Å². The molecule has 0 bridgehead atoms. The van der Waals surface area contributed by atoms with Gasteiger partial charge in [0.05, 0.1) is 11.7 Å². The zero-order valence-electron chi connectivity index (χ0n) is 11.4. The molecule has 0 spiro atoms. The van der Waals surface area contributed by atoms with Gasteiger partial charge in [-0.1, -0.05) is 0 Å². The highest BCUT2D eigenvalue weighted by atomic mass is 15.1. The summed E-state index contributed by atoms with van der Waals surface area (Å²) in [6, 6.07) is 2.08. The van der Waals surface area contributed by atoms with E-state index in [9.17, 15) is 0 Å². The van der Waals surface area contributed by atoms with E-state index in [1.165, 1.54) is 31.4 Å². The second kappa shape index (κ2) is 4.59. The molecule has 1 fully saturated rings. The number of aromatic amines is 1. The van der Waals surface area contributed by atoms with Gasteiger partial charge in [0.15, 0.2) is 11.3 Å². The Morgan fingerprint density at radius 3 is 2.85 bits per heavy atom. The number of rotatable bonds is 2. The van der Waals surface area contributed by atoms with Crippen molar-refractivity contribution in [1.82, 2.24) is 19.4 Å². The van der Waals surface area contributed by atoms with Crippen molar-refractivity contribution in [2.45, 2.75) is 31.6 Å². The van der Waals surface area contributed by atoms with Crippen LogP contribution in [0.5, 0.6) is 0 Å². The second-order valence-electron chi connectivity index (χ2n) is 5.80. The zero-order valence-corrected chi connectivity index (χ0v) is 11.4. The van der Waals surface area contributed by atoms with Crippen molar-refractivity contribution in [3.05, 3.63) is 30.4 Å². The Balaban J connectivity index is 1.78. The summed E-state index contributed by atoms with van der Waals surface area (Å²) in [6.07, 6.45) is 10.7. The predicted octanol–water partition coefficient (Wildman–Crippen LogP) is 2.44. The average Bonchev–Trinajstić information content (AvgIpc) is 3.13. The summed E-state index contributed by atoms with van der Waals surface area (Å²) in [6.45, 7) is 0.825. The lowest BCUT2D eigenvalue weighted by Gasteiger charge is -2.27. The average molecular weight is 269 g/mol. The van der Waals surface area contributed by atoms with Crippen molar-refractivity contribution in [2.24, 2.45) is 11.7 Å². The van der Waals surface area contributed by atoms with E-state index >= 15 is 0 Å². The van der Waals surface area contributed by atoms with Gasteiger partial charge in [-0.05, 0) is 44.2 Å². The Morgan fingerprint density at radius 1 is 1.20 bits per heavy atom. The lowest BCUT2D eigenvalue weighted by molar-refractivity contribution is 0.329. The SMILES string of the molecule is NC[C@H]1CC[C@H](c2cnc3cnc4[nH]ccc4n32)CC1. The number of hydrogen-bond donors (Lipinski definition) is 2. The molecule has 104 valence electrons. The standard InChI is InChI=1S/C15H19N5/c16-7-10-1-3-11(4-2-10)13-8-18-14-9-19-15-12(20(13)14)5-6-17-15/h5-6,8-11,17H,1-4,7,16H2/t10-,11-. The van der Waals surface area contributed by atoms with Gasteiger partial charge in [0.25, 0.3) is 0 Å². The number of nitrogens with zero attached hydrogens (tertiary/aromatic N) is 3. The van der Waals surface area contributed by atoms with Crippen LogP contribution in [0.2, 0.25) is 0 Å². The highest BCUT2D eigenvalue weighted by Crippen LogP contribution is 2.36. The van der Waals surface area contributed by atoms with Crippen LogP contribution in [-0.4, -0.2) is 25.9 Å². The minimum absolute atomic E-state index is 0.591. The topological polar surface area (TPSA) is 72.0 Å². The van der Waals surface area contributed by atoms with Gasteiger partial charge in [-0.25, -0.2) is 9.97 Å². The number of fused-ring (bicyclic) bond motifs is 3. The third-order valence-electron chi connectivity index (χ3n) is 4.67. The molecule has 20 heavy (non-hydrogen) atoms. The van der Waals surface area contributed by atoms with Crippen molar-refractivity contribution in [3.8, 4) is 0 Å². The number of nitrogens with one attached hydrogen (secondary N) is 1. The fourth-order valence-electron chi connectivity index (χ4n) is 3.47. The maximum Gasteiger partial charge on any atom is 0.156 e. The van der Waals surface area contributed by atoms with E-state index in [1.54, 1.807) is 0 Å². The van der Waals surface area contributed by atoms with E-state index in [0.29, 0.717) is 11.8 Å². The van der Waals surface area contributed by atoms with Crippen LogP contribution in [0.25, 0.3) is 16.8 Å². The van der Waals surface area contributed by atoms with E-state index in [-0.39, 0.29) is 0 Å². The molecule has 0 amide bonds. The summed E-state index contributed by atoms with van der Waals surface area (Å²) in [5.41, 5.74) is 10.1. The first-order valence-corrected chi connectivity index (χ1v) is 7.36. The van der Waals surface area contributed by atoms with Gasteiger partial charge in [0, 0.05) is 24.0 Å². The highest BCUT2D eigenvalue weighted by molar-refractivity contribution is 5.74. The van der Waals surface area contributed by atoms with E-state index < -0.39 is 0 Å². The van der Waals surface area contributed by atoms with Crippen LogP contribution in [0, 0.1) is 5.92 Å². The lowest BCUT2D eigenvalue weighted by Crippen LogP contribution is -2.21. The molecular formula is C15H19N5. The van der Waals surface area contributed by atoms with Gasteiger partial charge >= 0.3 is 0 Å². The summed E-state index contributed by atoms with van der Waals surface area (Å²) >= 11 is 0. The Bertz CT molecular complexity index is 733. The molecule has 5 nitrogen and oxygen atoms in total. The lowest BCUT2D eigenvalue weighted by atomic mass is 9.81. The monoisotopic (exact) mass is 269 g/mol. The first kappa shape index (κ1) is 11.9. The predicted molar refractivity (Wildman–Crippen MR) is 78.6 cm³/mol. The molecule has 1 aliphatic carbocycles. The molecule has 3 N–H and O–H groups in total. The normalized spacial score (nSPS) is 23.6. The minimum Gasteiger partial charge on any atom is -0.345 e. The molecule has 3 heterocycles. The molecule has 1 aliphatic rings. The molecule has 0 atom stereocenters. The molecule has 4 rings (SSSR count). The van der Waals surface area contributed by atoms with Gasteiger partial charge in [-0.3, -0.25) is 4.40 Å². The zero-order chi connectivity index (χ0) is 13.5. The number of hydrogen-bond acceptors (Lipinski definition) is 3. The van der Waals surface area contributed by atoms with Gasteiger partial charge in [-0.15, -0.1) is 0 Å². The quantitative estimate of drug-likeness (QED) is 0.750. The molecule has 0 aliphatic heterocycles. The third kappa shape index (κ3) is 1.73. The Hall–Kier alpha value is -1.88. The van der Waals surface area contributed by atoms with Crippen molar-refractivity contribution < 1.29 is 0 Å². The third-order valence-corrected chi connectivity index (χ3v) is 4.67. The fourth-order valence-corrected chi connectivity index (χ4v) is 3.47. The summed E-state index contributed by atoms with van der Waals surface area (Å²) in [4.78, 5) is 12.1. The summed E-state index contributed by atoms with van der Waals surface area (Å²) in [5.74, 6) is 1.30. The Morgan fingerprint density at radius 2 is 2.05 bits per heavy atom. The van der Waals surface area contributed by atoms with E-state index in [0.717, 1.165) is 23.4 Å². The van der Waals surface area contributed by atoms with Crippen LogP contribution >= 0.6 is 0 Å². The Kier molecular flexibility index (Phi) is 2.73. The minimum atomic E-state index is 0.591. The molecule has 3 aromatic heterocycles. The molecule has 0 unspecified atom stereocenters. The van der Waals surface area contributed by atoms with Crippen LogP contribution in [0.15, 0.2) is 24.7 Å². The highest BCUT2D eigenvalue weighted by Gasteiger charge is 2.24. The second-order valence-corrected chi connectivity index (χ2v) is 5.80. The van der Waals surface area contributed by atoms with Crippen LogP contribution in [0.4, 0.5) is 0 Å². The summed E-state index contributed by atoms with van der Waals surface area (Å²) < 4.78 is 2.26. The van der Waals surface area contributed by atoms with Gasteiger partial charge in [0.2, 0.25) is 0 Å². The first-order valence-electron chi connectivity index (χ1n) is 7.36. The number of nitrogens with two attached hydrogens (primary N) is 1. The van der Waals surface area contributed by atoms with Crippen molar-refractivity contribution in [1.29, 1.82) is 0 Å². The first-order chi connectivity index (χ1) is 9.86. The number of aromatic nitrogens is 4. The molecule has 1 saturated carbocycles. The molecular weight excluding hydrogens is 250 g/mol. The largest absolute Gasteiger partial charge is 0.345 e. The molecule has 0 saturated heterocycles. The van der Waals surface area contributed by atoms with Gasteiger partial charge < -0.3 is 10.7 Å². The number of H-pyrrole nitrogens is 1. The van der Waals surface area contributed by atoms with E-state index in [4.69, 9.17) is 5.73 Å². The van der Waals surface area contributed by atoms with E-state index in [1.807, 2.05) is 18.6 Å². The van der Waals surface area contributed by atoms with Gasteiger partial charge in [0.1, 0.15) is 0 Å². The maximum absolute atomic E-state index is 5.79. The van der Waals surface area contributed by atoms with Crippen molar-refractivity contribution >= 4 is 16.8 Å². The van der Waals surface area contributed by atoms with Crippen LogP contribution in [0.1, 0.15) is 37.3 Å². The smallest absolute Gasteiger partial charge is 0.156 e. The molecule has 0 radical (unpaired) electrons. The molecule has 0 aromatic carbocycles. The molecule has 3 aromatic rings. The molecule has 5 heteroatoms. The fraction of sp³-hybridized carbons (Fsp3) is 0.467. The van der Waals surface area contributed by atoms with Crippen LogP contribution in [0.3, 0.4) is 0 Å². The van der Waals surface area contributed by atoms with Crippen LogP contribution < -0.4 is 5.73 Å². The van der Waals surface area contributed by atoms with Crippen LogP contribution in [-0.2, 0) is 0 Å². The summed E-state index contributed by atoms with van der Waals surface area (Å²) in [5, 5.41) is 0. The van der Waals surface area contributed by atoms with Crippen molar-refractivity contribution in [2.75, 3.05) is 6.54 Å². The number of imidazole rings is 1. The maximum atomic E-state index is 5.79. The summed E-state index contributed by atoms with van der Waals surface area (Å²) in [7, 11) is 0.